The first-order valence-electron chi connectivity index (χ1n) is 7.64. The van der Waals surface area contributed by atoms with Gasteiger partial charge >= 0.3 is 0 Å². The second kappa shape index (κ2) is 7.05. The van der Waals surface area contributed by atoms with Crippen LogP contribution < -0.4 is 14.8 Å². The topological polar surface area (TPSA) is 50.8 Å². The molecule has 0 radical (unpaired) electrons. The lowest BCUT2D eigenvalue weighted by Gasteiger charge is -2.17. The third-order valence-electron chi connectivity index (χ3n) is 3.73. The largest absolute Gasteiger partial charge is 0.454 e. The molecule has 0 fully saturated rings. The fourth-order valence-corrected chi connectivity index (χ4v) is 2.46. The molecular formula is C18H20N2O3. The van der Waals surface area contributed by atoms with E-state index in [9.17, 15) is 4.79 Å². The minimum Gasteiger partial charge on any atom is -0.454 e. The van der Waals surface area contributed by atoms with Gasteiger partial charge in [-0.15, -0.1) is 0 Å². The molecule has 0 saturated carbocycles. The van der Waals surface area contributed by atoms with Crippen molar-refractivity contribution >= 4 is 11.6 Å². The molecule has 2 aromatic rings. The molecule has 0 aliphatic carbocycles. The van der Waals surface area contributed by atoms with Crippen LogP contribution in [-0.2, 0) is 11.3 Å². The Morgan fingerprint density at radius 1 is 1.13 bits per heavy atom. The van der Waals surface area contributed by atoms with Crippen molar-refractivity contribution in [1.82, 2.24) is 4.90 Å². The second-order valence-corrected chi connectivity index (χ2v) is 5.48. The Morgan fingerprint density at radius 3 is 2.74 bits per heavy atom. The molecule has 23 heavy (non-hydrogen) atoms. The Morgan fingerprint density at radius 2 is 1.91 bits per heavy atom. The van der Waals surface area contributed by atoms with E-state index < -0.39 is 0 Å². The fourth-order valence-electron chi connectivity index (χ4n) is 2.46. The summed E-state index contributed by atoms with van der Waals surface area (Å²) in [6.45, 7) is 1.48. The number of hydrogen-bond donors (Lipinski definition) is 1. The summed E-state index contributed by atoms with van der Waals surface area (Å²) in [5.41, 5.74) is 2.06. The SMILES string of the molecule is CN(Cc1ccccc1)C(=O)CCNc1ccc2c(c1)OCO2. The van der Waals surface area contributed by atoms with Crippen molar-refractivity contribution in [2.24, 2.45) is 0 Å². The Bertz CT molecular complexity index is 673. The molecule has 0 saturated heterocycles. The molecule has 1 aliphatic rings. The summed E-state index contributed by atoms with van der Waals surface area (Å²) in [6.07, 6.45) is 0.442. The summed E-state index contributed by atoms with van der Waals surface area (Å²) in [5.74, 6) is 1.61. The Kier molecular flexibility index (Phi) is 4.66. The highest BCUT2D eigenvalue weighted by Crippen LogP contribution is 2.34. The maximum atomic E-state index is 12.2. The number of anilines is 1. The van der Waals surface area contributed by atoms with E-state index in [-0.39, 0.29) is 12.7 Å². The number of carbonyl (C=O) groups excluding carboxylic acids is 1. The molecule has 120 valence electrons. The second-order valence-electron chi connectivity index (χ2n) is 5.48. The summed E-state index contributed by atoms with van der Waals surface area (Å²) in [7, 11) is 1.83. The molecule has 0 bridgehead atoms. The highest BCUT2D eigenvalue weighted by molar-refractivity contribution is 5.76. The van der Waals surface area contributed by atoms with E-state index in [2.05, 4.69) is 5.32 Å². The summed E-state index contributed by atoms with van der Waals surface area (Å²) < 4.78 is 10.6. The van der Waals surface area contributed by atoms with Crippen LogP contribution in [0.1, 0.15) is 12.0 Å². The van der Waals surface area contributed by atoms with E-state index >= 15 is 0 Å². The maximum Gasteiger partial charge on any atom is 0.231 e. The van der Waals surface area contributed by atoms with E-state index in [4.69, 9.17) is 9.47 Å². The van der Waals surface area contributed by atoms with Crippen molar-refractivity contribution in [3.63, 3.8) is 0 Å². The quantitative estimate of drug-likeness (QED) is 0.891. The van der Waals surface area contributed by atoms with Gasteiger partial charge in [-0.25, -0.2) is 0 Å². The molecule has 2 aromatic carbocycles. The predicted octanol–water partition coefficient (Wildman–Crippen LogP) is 2.88. The fraction of sp³-hybridized carbons (Fsp3) is 0.278. The van der Waals surface area contributed by atoms with Crippen molar-refractivity contribution in [3.8, 4) is 11.5 Å². The number of nitrogens with one attached hydrogen (secondary N) is 1. The number of amides is 1. The monoisotopic (exact) mass is 312 g/mol. The van der Waals surface area contributed by atoms with Gasteiger partial charge in [0, 0.05) is 38.3 Å². The van der Waals surface area contributed by atoms with Crippen LogP contribution in [0.2, 0.25) is 0 Å². The average molecular weight is 312 g/mol. The highest BCUT2D eigenvalue weighted by Gasteiger charge is 2.13. The standard InChI is InChI=1S/C18H20N2O3/c1-20(12-14-5-3-2-4-6-14)18(21)9-10-19-15-7-8-16-17(11-15)23-13-22-16/h2-8,11,19H,9-10,12-13H2,1H3. The molecule has 0 unspecified atom stereocenters. The van der Waals surface area contributed by atoms with E-state index in [0.29, 0.717) is 19.5 Å². The normalized spacial score (nSPS) is 12.0. The molecule has 0 spiro atoms. The number of benzene rings is 2. The molecule has 1 heterocycles. The summed E-state index contributed by atoms with van der Waals surface area (Å²) in [4.78, 5) is 13.9. The highest BCUT2D eigenvalue weighted by atomic mass is 16.7. The van der Waals surface area contributed by atoms with Crippen LogP contribution in [0.25, 0.3) is 0 Å². The minimum absolute atomic E-state index is 0.113. The van der Waals surface area contributed by atoms with Gasteiger partial charge in [-0.1, -0.05) is 30.3 Å². The molecule has 0 aromatic heterocycles. The van der Waals surface area contributed by atoms with Gasteiger partial charge < -0.3 is 19.7 Å². The number of hydrogen-bond acceptors (Lipinski definition) is 4. The Hall–Kier alpha value is -2.69. The summed E-state index contributed by atoms with van der Waals surface area (Å²) in [6, 6.07) is 15.7. The van der Waals surface area contributed by atoms with Crippen LogP contribution in [0, 0.1) is 0 Å². The minimum atomic E-state index is 0.113. The summed E-state index contributed by atoms with van der Waals surface area (Å²) >= 11 is 0. The lowest BCUT2D eigenvalue weighted by molar-refractivity contribution is -0.130. The van der Waals surface area contributed by atoms with Crippen LogP contribution in [0.3, 0.4) is 0 Å². The molecular weight excluding hydrogens is 292 g/mol. The van der Waals surface area contributed by atoms with Gasteiger partial charge in [0.2, 0.25) is 12.7 Å². The number of ether oxygens (including phenoxy) is 2. The van der Waals surface area contributed by atoms with Crippen LogP contribution >= 0.6 is 0 Å². The summed E-state index contributed by atoms with van der Waals surface area (Å²) in [5, 5.41) is 3.24. The van der Waals surface area contributed by atoms with Crippen molar-refractivity contribution in [2.45, 2.75) is 13.0 Å². The molecule has 3 rings (SSSR count). The van der Waals surface area contributed by atoms with E-state index in [1.54, 1.807) is 4.90 Å². The van der Waals surface area contributed by atoms with E-state index in [1.807, 2.05) is 55.6 Å². The van der Waals surface area contributed by atoms with Crippen LogP contribution in [0.4, 0.5) is 5.69 Å². The molecule has 1 N–H and O–H groups in total. The Balaban J connectivity index is 1.45. The van der Waals surface area contributed by atoms with Crippen molar-refractivity contribution < 1.29 is 14.3 Å². The molecule has 1 aliphatic heterocycles. The predicted molar refractivity (Wildman–Crippen MR) is 88.6 cm³/mol. The average Bonchev–Trinajstić information content (AvgIpc) is 3.03. The van der Waals surface area contributed by atoms with Gasteiger partial charge in [-0.3, -0.25) is 4.79 Å². The zero-order chi connectivity index (χ0) is 16.1. The zero-order valence-electron chi connectivity index (χ0n) is 13.1. The number of fused-ring (bicyclic) bond motifs is 1. The van der Waals surface area contributed by atoms with Gasteiger partial charge in [-0.05, 0) is 17.7 Å². The third-order valence-corrected chi connectivity index (χ3v) is 3.73. The smallest absolute Gasteiger partial charge is 0.231 e. The molecule has 5 heteroatoms. The number of carbonyl (C=O) groups is 1. The maximum absolute atomic E-state index is 12.2. The lowest BCUT2D eigenvalue weighted by Crippen LogP contribution is -2.27. The lowest BCUT2D eigenvalue weighted by atomic mass is 10.2. The van der Waals surface area contributed by atoms with Gasteiger partial charge in [0.25, 0.3) is 0 Å². The van der Waals surface area contributed by atoms with Gasteiger partial charge in [0.1, 0.15) is 0 Å². The Labute approximate surface area is 135 Å². The van der Waals surface area contributed by atoms with Crippen LogP contribution in [-0.4, -0.2) is 31.2 Å². The van der Waals surface area contributed by atoms with E-state index in [0.717, 1.165) is 22.7 Å². The van der Waals surface area contributed by atoms with Crippen molar-refractivity contribution in [2.75, 3.05) is 25.7 Å². The number of nitrogens with zero attached hydrogens (tertiary/aromatic N) is 1. The first-order valence-corrected chi connectivity index (χ1v) is 7.64. The van der Waals surface area contributed by atoms with Crippen molar-refractivity contribution in [3.05, 3.63) is 54.1 Å². The van der Waals surface area contributed by atoms with E-state index in [1.165, 1.54) is 0 Å². The molecule has 0 atom stereocenters. The van der Waals surface area contributed by atoms with Crippen molar-refractivity contribution in [1.29, 1.82) is 0 Å². The van der Waals surface area contributed by atoms with Crippen LogP contribution in [0.15, 0.2) is 48.5 Å². The van der Waals surface area contributed by atoms with Gasteiger partial charge in [-0.2, -0.15) is 0 Å². The molecule has 1 amide bonds. The third kappa shape index (κ3) is 3.94. The zero-order valence-corrected chi connectivity index (χ0v) is 13.1. The number of rotatable bonds is 6. The van der Waals surface area contributed by atoms with Crippen LogP contribution in [0.5, 0.6) is 11.5 Å². The first-order chi connectivity index (χ1) is 11.2. The first kappa shape index (κ1) is 15.2. The van der Waals surface area contributed by atoms with Gasteiger partial charge in [0.15, 0.2) is 11.5 Å². The molecule has 5 nitrogen and oxygen atoms in total. The van der Waals surface area contributed by atoms with Gasteiger partial charge in [0.05, 0.1) is 0 Å².